The van der Waals surface area contributed by atoms with Crippen molar-refractivity contribution in [1.82, 2.24) is 0 Å². The molecule has 9 rings (SSSR count). The van der Waals surface area contributed by atoms with Crippen LogP contribution in [0.2, 0.25) is 0 Å². The first-order valence-corrected chi connectivity index (χ1v) is 23.8. The van der Waals surface area contributed by atoms with Crippen molar-refractivity contribution in [3.63, 3.8) is 0 Å². The summed E-state index contributed by atoms with van der Waals surface area (Å²) in [5.41, 5.74) is 93.0. The van der Waals surface area contributed by atoms with E-state index in [2.05, 4.69) is 24.3 Å². The lowest BCUT2D eigenvalue weighted by Crippen LogP contribution is -2.09. The van der Waals surface area contributed by atoms with Crippen LogP contribution in [0.3, 0.4) is 0 Å². The summed E-state index contributed by atoms with van der Waals surface area (Å²) in [4.78, 5) is 0. The summed E-state index contributed by atoms with van der Waals surface area (Å²) in [6.07, 6.45) is -2.73. The number of nitrogens with two attached hydrogens (primary N) is 14. The SMILES string of the molecule is Cc1cc(N)c(C)cc1N.Cc1cc(N)ccc1N.Nc1cc(N)cc(Cc2ccccc2)c1.Nc1ccc(N)c(C(F)(F)F)c1.Nc1ccc(N)c(Cc2ccccc2)c1.Nc1ccc(N)cc1.Nc1cccc(N)c1. The zero-order valence-electron chi connectivity index (χ0n) is 43.6. The first-order chi connectivity index (χ1) is 36.3. The summed E-state index contributed by atoms with van der Waals surface area (Å²) in [5, 5.41) is 0. The van der Waals surface area contributed by atoms with Gasteiger partial charge in [0.25, 0.3) is 0 Å². The lowest BCUT2D eigenvalue weighted by molar-refractivity contribution is -0.136. The number of halogens is 3. The summed E-state index contributed by atoms with van der Waals surface area (Å²) in [7, 11) is 0. The predicted molar refractivity (Wildman–Crippen MR) is 325 cm³/mol. The van der Waals surface area contributed by atoms with Crippen LogP contribution in [0.15, 0.2) is 194 Å². The third kappa shape index (κ3) is 23.6. The van der Waals surface area contributed by atoms with Gasteiger partial charge in [-0.1, -0.05) is 66.7 Å². The van der Waals surface area contributed by atoms with Crippen LogP contribution in [0, 0.1) is 20.8 Å². The molecule has 28 N–H and O–H groups in total. The number of hydrogen-bond acceptors (Lipinski definition) is 14. The zero-order chi connectivity index (χ0) is 57.2. The summed E-state index contributed by atoms with van der Waals surface area (Å²) in [6.45, 7) is 5.84. The van der Waals surface area contributed by atoms with Gasteiger partial charge in [-0.15, -0.1) is 0 Å². The Morgan fingerprint density at radius 2 is 0.636 bits per heavy atom. The highest BCUT2D eigenvalue weighted by Gasteiger charge is 2.32. The Morgan fingerprint density at radius 1 is 0.273 bits per heavy atom. The highest BCUT2D eigenvalue weighted by molar-refractivity contribution is 5.61. The first-order valence-electron chi connectivity index (χ1n) is 23.8. The van der Waals surface area contributed by atoms with Gasteiger partial charge in [-0.2, -0.15) is 13.2 Å². The van der Waals surface area contributed by atoms with Crippen LogP contribution in [-0.4, -0.2) is 0 Å². The number of benzene rings is 9. The Morgan fingerprint density at radius 3 is 1.04 bits per heavy atom. The number of hydrogen-bond donors (Lipinski definition) is 14. The topological polar surface area (TPSA) is 364 Å². The van der Waals surface area contributed by atoms with E-state index in [1.54, 1.807) is 54.6 Å². The Hall–Kier alpha value is -10.0. The van der Waals surface area contributed by atoms with Gasteiger partial charge in [0.2, 0.25) is 0 Å². The molecule has 0 aliphatic rings. The summed E-state index contributed by atoms with van der Waals surface area (Å²) in [5.74, 6) is 0. The van der Waals surface area contributed by atoms with E-state index in [0.29, 0.717) is 11.4 Å². The van der Waals surface area contributed by atoms with Crippen molar-refractivity contribution in [3.05, 3.63) is 239 Å². The summed E-state index contributed by atoms with van der Waals surface area (Å²) >= 11 is 0. The van der Waals surface area contributed by atoms with Gasteiger partial charge in [-0.25, -0.2) is 0 Å². The lowest BCUT2D eigenvalue weighted by Gasteiger charge is -2.09. The molecule has 0 saturated carbocycles. The molecule has 0 heterocycles. The number of alkyl halides is 3. The Balaban J connectivity index is 0.000000240. The maximum absolute atomic E-state index is 12.1. The largest absolute Gasteiger partial charge is 0.418 e. The van der Waals surface area contributed by atoms with Crippen LogP contribution >= 0.6 is 0 Å². The normalized spacial score (nSPS) is 10.0. The van der Waals surface area contributed by atoms with Crippen LogP contribution in [0.1, 0.15) is 44.5 Å². The van der Waals surface area contributed by atoms with Crippen molar-refractivity contribution in [2.24, 2.45) is 0 Å². The Labute approximate surface area is 449 Å². The van der Waals surface area contributed by atoms with Crippen molar-refractivity contribution < 1.29 is 13.2 Å². The third-order valence-electron chi connectivity index (χ3n) is 10.9. The fourth-order valence-electron chi connectivity index (χ4n) is 6.71. The second kappa shape index (κ2) is 30.2. The van der Waals surface area contributed by atoms with Crippen molar-refractivity contribution in [3.8, 4) is 0 Å². The van der Waals surface area contributed by atoms with Crippen LogP contribution in [0.5, 0.6) is 0 Å². The molecule has 404 valence electrons. The molecule has 0 saturated heterocycles. The quantitative estimate of drug-likeness (QED) is 0.0729. The molecule has 0 aliphatic carbocycles. The molecule has 9 aromatic carbocycles. The molecule has 0 spiro atoms. The fourth-order valence-corrected chi connectivity index (χ4v) is 6.71. The molecule has 14 nitrogen and oxygen atoms in total. The van der Waals surface area contributed by atoms with Gasteiger partial charge in [0.1, 0.15) is 0 Å². The van der Waals surface area contributed by atoms with Crippen molar-refractivity contribution in [1.29, 1.82) is 0 Å². The standard InChI is InChI=1S/2C13H14N2.C8H12N2.C7H7F3N2.C7H10N2.2C6H8N2/c14-12-7-11(8-13(15)9-12)6-10-4-2-1-3-5-10;14-12-6-7-13(15)11(9-12)8-10-4-2-1-3-5-10;1-5-3-8(10)6(2)4-7(5)9;8-7(9,10)5-3-4(11)1-2-6(5)12;1-5-4-6(8)2-3-7(5)9;7-5-1-2-6(8)4-3-5;7-5-2-1-3-6(8)4-5/h1-5,7-9H,6,14-15H2;1-7,9H,8,14-15H2;3-4H,9-10H2,1-2H3;1-3H,11-12H2;2-4H,8-9H2,1H3;2*1-4H,7-8H2. The summed E-state index contributed by atoms with van der Waals surface area (Å²) < 4.78 is 36.3. The molecule has 0 aliphatic heterocycles. The molecule has 0 atom stereocenters. The molecular weight excluding hydrogens is 974 g/mol. The van der Waals surface area contributed by atoms with E-state index in [0.717, 1.165) is 110 Å². The van der Waals surface area contributed by atoms with Crippen molar-refractivity contribution in [2.45, 2.75) is 39.8 Å². The molecule has 0 unspecified atom stereocenters. The monoisotopic (exact) mass is 1050 g/mol. The van der Waals surface area contributed by atoms with Gasteiger partial charge in [-0.3, -0.25) is 0 Å². The Kier molecular flexibility index (Phi) is 24.1. The first kappa shape index (κ1) is 61.3. The zero-order valence-corrected chi connectivity index (χ0v) is 43.6. The number of rotatable bonds is 4. The average Bonchev–Trinajstić information content (AvgIpc) is 3.36. The highest BCUT2D eigenvalue weighted by atomic mass is 19.4. The molecule has 0 bridgehead atoms. The van der Waals surface area contributed by atoms with E-state index in [1.807, 2.05) is 118 Å². The van der Waals surface area contributed by atoms with E-state index in [-0.39, 0.29) is 11.4 Å². The second-order valence-corrected chi connectivity index (χ2v) is 17.7. The van der Waals surface area contributed by atoms with Gasteiger partial charge < -0.3 is 80.3 Å². The van der Waals surface area contributed by atoms with Crippen LogP contribution in [0.4, 0.5) is 92.8 Å². The van der Waals surface area contributed by atoms with Crippen LogP contribution < -0.4 is 80.3 Å². The maximum Gasteiger partial charge on any atom is 0.418 e. The van der Waals surface area contributed by atoms with Crippen LogP contribution in [0.25, 0.3) is 0 Å². The molecule has 9 aromatic rings. The Bertz CT molecular complexity index is 3100. The van der Waals surface area contributed by atoms with Crippen molar-refractivity contribution in [2.75, 3.05) is 80.3 Å². The van der Waals surface area contributed by atoms with E-state index in [9.17, 15) is 13.2 Å². The van der Waals surface area contributed by atoms with E-state index in [4.69, 9.17) is 80.3 Å². The molecule has 0 radical (unpaired) electrons. The van der Waals surface area contributed by atoms with Gasteiger partial charge >= 0.3 is 6.18 Å². The van der Waals surface area contributed by atoms with Gasteiger partial charge in [0.15, 0.2) is 0 Å². The minimum absolute atomic E-state index is 0.0523. The third-order valence-corrected chi connectivity index (χ3v) is 10.9. The van der Waals surface area contributed by atoms with Gasteiger partial charge in [0.05, 0.1) is 5.56 Å². The van der Waals surface area contributed by atoms with Gasteiger partial charge in [-0.05, 0) is 200 Å². The van der Waals surface area contributed by atoms with Crippen LogP contribution in [-0.2, 0) is 19.0 Å². The predicted octanol–water partition coefficient (Wildman–Crippen LogP) is 11.1. The van der Waals surface area contributed by atoms with E-state index in [1.165, 1.54) is 17.2 Å². The molecule has 0 aromatic heterocycles. The fraction of sp³-hybridized carbons (Fsp3) is 0.100. The molecule has 0 amide bonds. The maximum atomic E-state index is 12.1. The smallest absolute Gasteiger partial charge is 0.399 e. The lowest BCUT2D eigenvalue weighted by atomic mass is 10.0. The molecule has 17 heteroatoms. The number of nitrogen functional groups attached to an aromatic ring is 14. The van der Waals surface area contributed by atoms with Gasteiger partial charge in [0, 0.05) is 79.6 Å². The molecular formula is C60H73F3N14. The molecule has 0 fully saturated rings. The number of aryl methyl sites for hydroxylation is 3. The number of anilines is 14. The summed E-state index contributed by atoms with van der Waals surface area (Å²) in [6, 6.07) is 58.6. The van der Waals surface area contributed by atoms with Crippen molar-refractivity contribution >= 4 is 79.6 Å². The van der Waals surface area contributed by atoms with E-state index < -0.39 is 11.7 Å². The average molecular weight is 1050 g/mol. The minimum atomic E-state index is -4.43. The minimum Gasteiger partial charge on any atom is -0.399 e. The van der Waals surface area contributed by atoms with E-state index >= 15 is 0 Å². The second-order valence-electron chi connectivity index (χ2n) is 17.7. The molecule has 77 heavy (non-hydrogen) atoms. The highest BCUT2D eigenvalue weighted by Crippen LogP contribution is 2.34.